The van der Waals surface area contributed by atoms with Gasteiger partial charge in [0.1, 0.15) is 73.1 Å². The minimum Gasteiger partial charge on any atom is -0.491 e. The van der Waals surface area contributed by atoms with Gasteiger partial charge >= 0.3 is 11.9 Å². The van der Waals surface area contributed by atoms with Crippen LogP contribution in [0.3, 0.4) is 0 Å². The summed E-state index contributed by atoms with van der Waals surface area (Å²) in [5.74, 6) is 2.27. The zero-order valence-electron chi connectivity index (χ0n) is 29.1. The fraction of sp³-hybridized carbons (Fsp3) is 0.350. The second-order valence-electron chi connectivity index (χ2n) is 12.3. The average Bonchev–Trinajstić information content (AvgIpc) is 4.11. The Labute approximate surface area is 302 Å². The Morgan fingerprint density at radius 3 is 1.17 bits per heavy atom. The third kappa shape index (κ3) is 12.3. The smallest absolute Gasteiger partial charge is 0.343 e. The molecule has 0 spiro atoms. The lowest BCUT2D eigenvalue weighted by atomic mass is 10.2. The van der Waals surface area contributed by atoms with Gasteiger partial charge in [0.15, 0.2) is 0 Å². The fourth-order valence-corrected chi connectivity index (χ4v) is 4.63. The number of hydrogen-bond donors (Lipinski definition) is 0. The maximum absolute atomic E-state index is 12.6. The molecule has 2 fully saturated rings. The molecular weight excluding hydrogens is 672 g/mol. The first-order valence-corrected chi connectivity index (χ1v) is 17.2. The quantitative estimate of drug-likeness (QED) is 0.0437. The summed E-state index contributed by atoms with van der Waals surface area (Å²) in [5, 5.41) is 0. The summed E-state index contributed by atoms with van der Waals surface area (Å²) in [4.78, 5) is 25.3. The Morgan fingerprint density at radius 2 is 0.827 bits per heavy atom. The van der Waals surface area contributed by atoms with Crippen LogP contribution in [-0.4, -0.2) is 89.2 Å². The van der Waals surface area contributed by atoms with E-state index in [-0.39, 0.29) is 37.6 Å². The SMILES string of the molecule is CC(COc1ccc(OC(=O)c2ccc(OCCOc3ccc(C(=O)Oc4ccc(OCC(C)OCC5CO5)cc4)cc3)cc2)cc1)OCC1CO1. The van der Waals surface area contributed by atoms with Crippen molar-refractivity contribution in [3.8, 4) is 34.5 Å². The molecule has 0 amide bonds. The normalized spacial score (nSPS) is 17.0. The highest BCUT2D eigenvalue weighted by Gasteiger charge is 2.24. The summed E-state index contributed by atoms with van der Waals surface area (Å²) in [6.07, 6.45) is 0.297. The summed E-state index contributed by atoms with van der Waals surface area (Å²) in [6.45, 7) is 7.88. The maximum Gasteiger partial charge on any atom is 0.343 e. The summed E-state index contributed by atoms with van der Waals surface area (Å²) >= 11 is 0. The lowest BCUT2D eigenvalue weighted by molar-refractivity contribution is 0.0241. The molecule has 0 aromatic heterocycles. The molecule has 6 rings (SSSR count). The lowest BCUT2D eigenvalue weighted by Gasteiger charge is -2.14. The monoisotopic (exact) mass is 714 g/mol. The third-order valence-electron chi connectivity index (χ3n) is 7.78. The van der Waals surface area contributed by atoms with Crippen LogP contribution in [0.25, 0.3) is 0 Å². The van der Waals surface area contributed by atoms with Gasteiger partial charge in [0, 0.05) is 0 Å². The molecule has 4 atom stereocenters. The molecule has 0 radical (unpaired) electrons. The molecule has 12 nitrogen and oxygen atoms in total. The van der Waals surface area contributed by atoms with Crippen LogP contribution in [0, 0.1) is 0 Å². The molecule has 0 bridgehead atoms. The zero-order valence-corrected chi connectivity index (χ0v) is 29.1. The van der Waals surface area contributed by atoms with Gasteiger partial charge in [-0.15, -0.1) is 0 Å². The van der Waals surface area contributed by atoms with Gasteiger partial charge in [-0.05, 0) is 111 Å². The van der Waals surface area contributed by atoms with E-state index in [1.165, 1.54) is 0 Å². The van der Waals surface area contributed by atoms with Gasteiger partial charge in [-0.1, -0.05) is 0 Å². The van der Waals surface area contributed by atoms with Gasteiger partial charge in [-0.25, -0.2) is 9.59 Å². The van der Waals surface area contributed by atoms with E-state index in [9.17, 15) is 9.59 Å². The van der Waals surface area contributed by atoms with E-state index in [1.54, 1.807) is 97.1 Å². The first kappa shape index (κ1) is 36.6. The molecule has 274 valence electrons. The van der Waals surface area contributed by atoms with Crippen molar-refractivity contribution in [2.75, 3.05) is 52.9 Å². The van der Waals surface area contributed by atoms with Gasteiger partial charge in [-0.2, -0.15) is 0 Å². The zero-order chi connectivity index (χ0) is 36.1. The standard InChI is InChI=1S/C40H42O12/c1-27(45-23-37-25-49-37)21-47-33-11-15-35(16-12-33)51-39(41)29-3-7-31(8-4-29)43-19-20-44-32-9-5-30(6-10-32)40(42)52-36-17-13-34(14-18-36)48-22-28(2)46-24-38-26-50-38/h3-18,27-28,37-38H,19-26H2,1-2H3. The van der Waals surface area contributed by atoms with Gasteiger partial charge in [0.25, 0.3) is 0 Å². The first-order valence-electron chi connectivity index (χ1n) is 17.2. The molecule has 2 saturated heterocycles. The summed E-state index contributed by atoms with van der Waals surface area (Å²) < 4.78 is 55.6. The van der Waals surface area contributed by atoms with Crippen LogP contribution in [0.4, 0.5) is 0 Å². The molecule has 4 aromatic carbocycles. The van der Waals surface area contributed by atoms with Crippen LogP contribution in [0.15, 0.2) is 97.1 Å². The highest BCUT2D eigenvalue weighted by atomic mass is 16.6. The number of carbonyl (C=O) groups excluding carboxylic acids is 2. The topological polar surface area (TPSA) is 133 Å². The largest absolute Gasteiger partial charge is 0.491 e. The molecule has 2 heterocycles. The predicted octanol–water partition coefficient (Wildman–Crippen LogP) is 5.95. The van der Waals surface area contributed by atoms with Crippen molar-refractivity contribution in [1.29, 1.82) is 0 Å². The second-order valence-corrected chi connectivity index (χ2v) is 12.3. The van der Waals surface area contributed by atoms with Gasteiger partial charge < -0.3 is 47.4 Å². The Hall–Kier alpha value is -5.14. The summed E-state index contributed by atoms with van der Waals surface area (Å²) in [7, 11) is 0. The highest BCUT2D eigenvalue weighted by Crippen LogP contribution is 2.22. The third-order valence-corrected chi connectivity index (χ3v) is 7.78. The van der Waals surface area contributed by atoms with Crippen LogP contribution in [0.2, 0.25) is 0 Å². The number of rotatable bonds is 21. The van der Waals surface area contributed by atoms with Crippen LogP contribution in [0.5, 0.6) is 34.5 Å². The number of ether oxygens (including phenoxy) is 10. The number of benzene rings is 4. The van der Waals surface area contributed by atoms with Crippen molar-refractivity contribution >= 4 is 11.9 Å². The Balaban J connectivity index is 0.850. The minimum atomic E-state index is -0.491. The highest BCUT2D eigenvalue weighted by molar-refractivity contribution is 5.91. The first-order chi connectivity index (χ1) is 25.4. The van der Waals surface area contributed by atoms with Crippen molar-refractivity contribution in [2.45, 2.75) is 38.3 Å². The molecule has 2 aliphatic heterocycles. The number of carbonyl (C=O) groups is 2. The van der Waals surface area contributed by atoms with Crippen LogP contribution >= 0.6 is 0 Å². The van der Waals surface area contributed by atoms with E-state index in [4.69, 9.17) is 47.4 Å². The van der Waals surface area contributed by atoms with Crippen molar-refractivity contribution in [3.63, 3.8) is 0 Å². The van der Waals surface area contributed by atoms with Crippen molar-refractivity contribution in [3.05, 3.63) is 108 Å². The average molecular weight is 715 g/mol. The molecule has 0 N–H and O–H groups in total. The molecular formula is C40H42O12. The van der Waals surface area contributed by atoms with E-state index in [0.717, 1.165) is 13.2 Å². The van der Waals surface area contributed by atoms with Crippen LogP contribution < -0.4 is 28.4 Å². The van der Waals surface area contributed by atoms with E-state index >= 15 is 0 Å². The van der Waals surface area contributed by atoms with Crippen LogP contribution in [-0.2, 0) is 18.9 Å². The second kappa shape index (κ2) is 18.4. The van der Waals surface area contributed by atoms with Gasteiger partial charge in [0.05, 0.1) is 49.8 Å². The molecule has 2 aliphatic rings. The van der Waals surface area contributed by atoms with E-state index in [1.807, 2.05) is 13.8 Å². The number of epoxide rings is 2. The lowest BCUT2D eigenvalue weighted by Crippen LogP contribution is -2.20. The molecule has 12 heteroatoms. The Morgan fingerprint density at radius 1 is 0.519 bits per heavy atom. The summed E-state index contributed by atoms with van der Waals surface area (Å²) in [6, 6.07) is 27.0. The maximum atomic E-state index is 12.6. The van der Waals surface area contributed by atoms with E-state index in [2.05, 4.69) is 0 Å². The summed E-state index contributed by atoms with van der Waals surface area (Å²) in [5.41, 5.74) is 0.760. The Bertz CT molecular complexity index is 1570. The molecule has 0 saturated carbocycles. The van der Waals surface area contributed by atoms with Gasteiger partial charge in [-0.3, -0.25) is 0 Å². The van der Waals surface area contributed by atoms with Crippen molar-refractivity contribution in [1.82, 2.24) is 0 Å². The van der Waals surface area contributed by atoms with Crippen molar-refractivity contribution < 1.29 is 57.0 Å². The molecule has 52 heavy (non-hydrogen) atoms. The Kier molecular flexibility index (Phi) is 13.0. The van der Waals surface area contributed by atoms with Crippen LogP contribution in [0.1, 0.15) is 34.6 Å². The fourth-order valence-electron chi connectivity index (χ4n) is 4.63. The van der Waals surface area contributed by atoms with E-state index < -0.39 is 11.9 Å². The van der Waals surface area contributed by atoms with Crippen molar-refractivity contribution in [2.24, 2.45) is 0 Å². The molecule has 4 aromatic rings. The van der Waals surface area contributed by atoms with Gasteiger partial charge in [0.2, 0.25) is 0 Å². The minimum absolute atomic E-state index is 0.0650. The number of hydrogen-bond acceptors (Lipinski definition) is 12. The molecule has 0 aliphatic carbocycles. The van der Waals surface area contributed by atoms with E-state index in [0.29, 0.717) is 72.1 Å². The molecule has 4 unspecified atom stereocenters. The predicted molar refractivity (Wildman–Crippen MR) is 188 cm³/mol. The number of esters is 2.